The molecule has 1 aromatic carbocycles. The van der Waals surface area contributed by atoms with Crippen molar-refractivity contribution >= 4 is 5.78 Å². The second-order valence-electron chi connectivity index (χ2n) is 3.65. The van der Waals surface area contributed by atoms with E-state index < -0.39 is 23.0 Å². The first-order valence-corrected chi connectivity index (χ1v) is 5.16. The van der Waals surface area contributed by atoms with Crippen LogP contribution in [0.25, 0.3) is 0 Å². The number of halogens is 2. The van der Waals surface area contributed by atoms with Gasteiger partial charge in [-0.3, -0.25) is 4.79 Å². The number of carbonyl (C=O) groups is 1. The first kappa shape index (κ1) is 12.0. The van der Waals surface area contributed by atoms with Gasteiger partial charge in [-0.1, -0.05) is 6.07 Å². The molecule has 0 N–H and O–H groups in total. The van der Waals surface area contributed by atoms with Crippen molar-refractivity contribution in [1.29, 1.82) is 5.26 Å². The van der Waals surface area contributed by atoms with Crippen LogP contribution in [0.3, 0.4) is 0 Å². The lowest BCUT2D eigenvalue weighted by molar-refractivity contribution is 0.0963. The van der Waals surface area contributed by atoms with Crippen molar-refractivity contribution in [2.24, 2.45) is 0 Å². The molecule has 0 aliphatic heterocycles. The molecule has 1 aromatic heterocycles. The molecule has 2 rings (SSSR count). The molecular weight excluding hydrogens is 238 g/mol. The van der Waals surface area contributed by atoms with Gasteiger partial charge in [0.1, 0.15) is 23.4 Å². The first-order valence-electron chi connectivity index (χ1n) is 5.16. The van der Waals surface area contributed by atoms with Crippen LogP contribution in [0.4, 0.5) is 8.78 Å². The maximum absolute atomic E-state index is 13.4. The predicted molar refractivity (Wildman–Crippen MR) is 59.8 cm³/mol. The Bertz CT molecular complexity index is 620. The van der Waals surface area contributed by atoms with Gasteiger partial charge < -0.3 is 4.57 Å². The molecule has 0 atom stereocenters. The van der Waals surface area contributed by atoms with Gasteiger partial charge in [0.05, 0.1) is 12.1 Å². The number of nitriles is 1. The highest BCUT2D eigenvalue weighted by Crippen LogP contribution is 2.14. The van der Waals surface area contributed by atoms with Crippen molar-refractivity contribution in [2.75, 3.05) is 0 Å². The van der Waals surface area contributed by atoms with Gasteiger partial charge >= 0.3 is 0 Å². The highest BCUT2D eigenvalue weighted by atomic mass is 19.1. The zero-order valence-electron chi connectivity index (χ0n) is 9.23. The lowest BCUT2D eigenvalue weighted by Crippen LogP contribution is -2.14. The van der Waals surface area contributed by atoms with Crippen LogP contribution in [-0.4, -0.2) is 10.4 Å². The lowest BCUT2D eigenvalue weighted by Gasteiger charge is -2.06. The van der Waals surface area contributed by atoms with E-state index in [1.807, 2.05) is 6.07 Å². The number of nitrogens with zero attached hydrogens (tertiary/aromatic N) is 2. The Balaban J connectivity index is 2.31. The van der Waals surface area contributed by atoms with E-state index in [2.05, 4.69) is 0 Å². The number of Topliss-reactive ketones (excluding diaryl/α,β-unsaturated/α-hetero) is 1. The minimum Gasteiger partial charge on any atom is -0.332 e. The molecule has 0 amide bonds. The highest BCUT2D eigenvalue weighted by molar-refractivity contribution is 5.96. The van der Waals surface area contributed by atoms with Crippen molar-refractivity contribution in [3.63, 3.8) is 0 Å². The summed E-state index contributed by atoms with van der Waals surface area (Å²) in [7, 11) is 0. The first-order chi connectivity index (χ1) is 8.63. The van der Waals surface area contributed by atoms with Gasteiger partial charge in [0.15, 0.2) is 5.78 Å². The van der Waals surface area contributed by atoms with Gasteiger partial charge in [0.2, 0.25) is 0 Å². The molecule has 0 fully saturated rings. The molecule has 0 saturated heterocycles. The molecule has 0 bridgehead atoms. The van der Waals surface area contributed by atoms with Crippen molar-refractivity contribution < 1.29 is 13.6 Å². The van der Waals surface area contributed by atoms with E-state index in [4.69, 9.17) is 5.26 Å². The second kappa shape index (κ2) is 4.80. The molecule has 18 heavy (non-hydrogen) atoms. The Morgan fingerprint density at radius 1 is 1.22 bits per heavy atom. The minimum atomic E-state index is -0.898. The molecule has 5 heteroatoms. The lowest BCUT2D eigenvalue weighted by atomic mass is 10.1. The summed E-state index contributed by atoms with van der Waals surface area (Å²) in [6.07, 6.45) is 1.51. The number of aromatic nitrogens is 1. The van der Waals surface area contributed by atoms with Crippen LogP contribution in [0.2, 0.25) is 0 Å². The van der Waals surface area contributed by atoms with Crippen molar-refractivity contribution in [3.05, 3.63) is 59.4 Å². The van der Waals surface area contributed by atoms with Crippen LogP contribution in [0.15, 0.2) is 36.5 Å². The summed E-state index contributed by atoms with van der Waals surface area (Å²) in [4.78, 5) is 11.8. The van der Waals surface area contributed by atoms with Gasteiger partial charge in [-0.25, -0.2) is 8.78 Å². The summed E-state index contributed by atoms with van der Waals surface area (Å²) in [5.41, 5.74) is -0.310. The molecule has 2 aromatic rings. The monoisotopic (exact) mass is 246 g/mol. The molecule has 1 heterocycles. The third kappa shape index (κ3) is 2.13. The maximum Gasteiger partial charge on any atom is 0.188 e. The Labute approximate surface area is 102 Å². The fraction of sp³-hybridized carbons (Fsp3) is 0.0769. The number of benzene rings is 1. The van der Waals surface area contributed by atoms with E-state index in [0.717, 1.165) is 12.1 Å². The predicted octanol–water partition coefficient (Wildman–Crippen LogP) is 2.52. The number of ketones is 1. The molecule has 3 nitrogen and oxygen atoms in total. The average Bonchev–Trinajstić information content (AvgIpc) is 2.76. The third-order valence-corrected chi connectivity index (χ3v) is 2.50. The summed E-state index contributed by atoms with van der Waals surface area (Å²) in [6.45, 7) is -0.270. The zero-order valence-corrected chi connectivity index (χ0v) is 9.23. The summed E-state index contributed by atoms with van der Waals surface area (Å²) < 4.78 is 28.1. The minimum absolute atomic E-state index is 0.264. The van der Waals surface area contributed by atoms with E-state index in [0.29, 0.717) is 0 Å². The molecule has 0 radical (unpaired) electrons. The molecule has 0 aliphatic rings. The average molecular weight is 246 g/mol. The Morgan fingerprint density at radius 2 is 1.89 bits per heavy atom. The molecule has 0 spiro atoms. The molecular formula is C13H8F2N2O. The van der Waals surface area contributed by atoms with E-state index >= 15 is 0 Å². The maximum atomic E-state index is 13.4. The van der Waals surface area contributed by atoms with E-state index in [1.54, 1.807) is 6.07 Å². The van der Waals surface area contributed by atoms with Crippen LogP contribution in [-0.2, 0) is 6.54 Å². The number of hydrogen-bond acceptors (Lipinski definition) is 2. The largest absolute Gasteiger partial charge is 0.332 e. The van der Waals surface area contributed by atoms with Gasteiger partial charge in [-0.15, -0.1) is 0 Å². The molecule has 0 aliphatic carbocycles. The second-order valence-corrected chi connectivity index (χ2v) is 3.65. The number of rotatable bonds is 3. The van der Waals surface area contributed by atoms with Gasteiger partial charge in [0, 0.05) is 6.20 Å². The van der Waals surface area contributed by atoms with Gasteiger partial charge in [0.25, 0.3) is 0 Å². The van der Waals surface area contributed by atoms with Crippen LogP contribution >= 0.6 is 0 Å². The summed E-state index contributed by atoms with van der Waals surface area (Å²) in [5, 5.41) is 8.77. The highest BCUT2D eigenvalue weighted by Gasteiger charge is 2.17. The van der Waals surface area contributed by atoms with E-state index in [-0.39, 0.29) is 12.2 Å². The Hall–Kier alpha value is -2.48. The quantitative estimate of drug-likeness (QED) is 0.781. The molecule has 0 unspecified atom stereocenters. The summed E-state index contributed by atoms with van der Waals surface area (Å²) in [5.74, 6) is -2.50. The smallest absolute Gasteiger partial charge is 0.188 e. The molecule has 0 saturated carbocycles. The Kier molecular flexibility index (Phi) is 3.20. The van der Waals surface area contributed by atoms with Crippen LogP contribution in [0.1, 0.15) is 16.1 Å². The summed E-state index contributed by atoms with van der Waals surface area (Å²) >= 11 is 0. The fourth-order valence-electron chi connectivity index (χ4n) is 1.65. The van der Waals surface area contributed by atoms with Gasteiger partial charge in [-0.2, -0.15) is 5.26 Å². The normalized spacial score (nSPS) is 10.1. The summed E-state index contributed by atoms with van der Waals surface area (Å²) in [6, 6.07) is 8.23. The van der Waals surface area contributed by atoms with Crippen molar-refractivity contribution in [2.45, 2.75) is 6.54 Å². The van der Waals surface area contributed by atoms with Crippen LogP contribution < -0.4 is 0 Å². The van der Waals surface area contributed by atoms with Crippen LogP contribution in [0.5, 0.6) is 0 Å². The molecule has 90 valence electrons. The fourth-order valence-corrected chi connectivity index (χ4v) is 1.65. The van der Waals surface area contributed by atoms with Gasteiger partial charge in [-0.05, 0) is 24.3 Å². The SMILES string of the molecule is N#Cc1cccn1CC(=O)c1c(F)cccc1F. The van der Waals surface area contributed by atoms with Crippen molar-refractivity contribution in [3.8, 4) is 6.07 Å². The van der Waals surface area contributed by atoms with E-state index in [9.17, 15) is 13.6 Å². The standard InChI is InChI=1S/C13H8F2N2O/c14-10-4-1-5-11(15)13(10)12(18)8-17-6-2-3-9(17)7-16/h1-6H,8H2. The van der Waals surface area contributed by atoms with Crippen molar-refractivity contribution in [1.82, 2.24) is 4.57 Å². The van der Waals surface area contributed by atoms with Crippen LogP contribution in [0, 0.1) is 23.0 Å². The topological polar surface area (TPSA) is 45.8 Å². The number of hydrogen-bond donors (Lipinski definition) is 0. The Morgan fingerprint density at radius 3 is 2.50 bits per heavy atom. The third-order valence-electron chi connectivity index (χ3n) is 2.50. The number of carbonyl (C=O) groups excluding carboxylic acids is 1. The van der Waals surface area contributed by atoms with E-state index in [1.165, 1.54) is 22.9 Å². The zero-order chi connectivity index (χ0) is 13.1.